The third-order valence-electron chi connectivity index (χ3n) is 5.32. The number of fused-ring (bicyclic) bond motifs is 3. The number of ether oxygens (including phenoxy) is 1. The predicted octanol–water partition coefficient (Wildman–Crippen LogP) is 6.32. The lowest BCUT2D eigenvalue weighted by Gasteiger charge is -2.12. The number of nitrogens with zero attached hydrogens (tertiary/aromatic N) is 1. The van der Waals surface area contributed by atoms with Gasteiger partial charge in [-0.15, -0.1) is 11.3 Å². The van der Waals surface area contributed by atoms with Crippen LogP contribution in [0, 0.1) is 7.14 Å². The maximum absolute atomic E-state index is 12.9. The van der Waals surface area contributed by atoms with E-state index in [9.17, 15) is 4.79 Å². The van der Waals surface area contributed by atoms with Gasteiger partial charge in [0.25, 0.3) is 5.56 Å². The molecule has 0 bridgehead atoms. The monoisotopic (exact) mass is 640 g/mol. The molecule has 4 aromatic rings. The Hall–Kier alpha value is -1.46. The summed E-state index contributed by atoms with van der Waals surface area (Å²) in [6, 6.07) is 14.2. The highest BCUT2D eigenvalue weighted by atomic mass is 127. The van der Waals surface area contributed by atoms with Crippen LogP contribution in [0.2, 0.25) is 0 Å². The molecule has 0 aliphatic heterocycles. The zero-order valence-electron chi connectivity index (χ0n) is 16.0. The lowest BCUT2D eigenvalue weighted by Crippen LogP contribution is -2.11. The van der Waals surface area contributed by atoms with Gasteiger partial charge in [-0.3, -0.25) is 4.79 Å². The van der Waals surface area contributed by atoms with E-state index in [-0.39, 0.29) is 5.56 Å². The van der Waals surface area contributed by atoms with Gasteiger partial charge < -0.3 is 9.72 Å². The molecule has 30 heavy (non-hydrogen) atoms. The van der Waals surface area contributed by atoms with Crippen molar-refractivity contribution in [3.8, 4) is 17.1 Å². The molecule has 2 aromatic heterocycles. The highest BCUT2D eigenvalue weighted by molar-refractivity contribution is 14.1. The van der Waals surface area contributed by atoms with Crippen LogP contribution in [0.5, 0.6) is 5.75 Å². The van der Waals surface area contributed by atoms with Crippen LogP contribution in [0.1, 0.15) is 28.8 Å². The van der Waals surface area contributed by atoms with Gasteiger partial charge in [-0.05, 0) is 94.1 Å². The van der Waals surface area contributed by atoms with E-state index in [2.05, 4.69) is 62.3 Å². The number of hydrogen-bond acceptors (Lipinski definition) is 4. The summed E-state index contributed by atoms with van der Waals surface area (Å²) in [4.78, 5) is 22.9. The van der Waals surface area contributed by atoms with Gasteiger partial charge >= 0.3 is 0 Å². The van der Waals surface area contributed by atoms with E-state index >= 15 is 0 Å². The lowest BCUT2D eigenvalue weighted by molar-refractivity contribution is 0.302. The Morgan fingerprint density at radius 3 is 2.57 bits per heavy atom. The number of rotatable bonds is 4. The number of aromatic nitrogens is 2. The predicted molar refractivity (Wildman–Crippen MR) is 139 cm³/mol. The molecule has 4 nitrogen and oxygen atoms in total. The maximum atomic E-state index is 12.9. The molecular formula is C23H18I2N2O2S. The minimum Gasteiger partial charge on any atom is -0.487 e. The zero-order valence-corrected chi connectivity index (χ0v) is 21.1. The first kappa shape index (κ1) is 20.4. The Labute approximate surface area is 205 Å². The number of benzene rings is 2. The van der Waals surface area contributed by atoms with Gasteiger partial charge in [0.05, 0.1) is 12.5 Å². The molecule has 0 saturated carbocycles. The molecule has 152 valence electrons. The van der Waals surface area contributed by atoms with Crippen molar-refractivity contribution < 1.29 is 4.74 Å². The fourth-order valence-corrected chi connectivity index (χ4v) is 7.21. The van der Waals surface area contributed by atoms with Gasteiger partial charge in [0, 0.05) is 10.4 Å². The maximum Gasteiger partial charge on any atom is 0.260 e. The van der Waals surface area contributed by atoms with Gasteiger partial charge in [0.1, 0.15) is 23.0 Å². The molecule has 0 fully saturated rings. The van der Waals surface area contributed by atoms with Crippen molar-refractivity contribution in [2.24, 2.45) is 0 Å². The fraction of sp³-hybridized carbons (Fsp3) is 0.217. The number of thiophene rings is 1. The van der Waals surface area contributed by atoms with Gasteiger partial charge in [-0.2, -0.15) is 0 Å². The largest absolute Gasteiger partial charge is 0.487 e. The summed E-state index contributed by atoms with van der Waals surface area (Å²) < 4.78 is 8.09. The van der Waals surface area contributed by atoms with Crippen LogP contribution in [0.4, 0.5) is 0 Å². The standard InChI is InChI=1S/C23H18I2N2O2S/c24-16-10-14(11-17(25)20(16)29-12-13-6-2-1-3-7-13)21-26-22(28)19-15-8-4-5-9-18(15)30-23(19)27-21/h1-3,6-7,10-11H,4-5,8-9,12H2,(H,26,27,28). The van der Waals surface area contributed by atoms with E-state index in [0.717, 1.165) is 53.5 Å². The molecule has 1 aliphatic rings. The van der Waals surface area contributed by atoms with E-state index in [1.165, 1.54) is 16.9 Å². The number of aryl methyl sites for hydroxylation is 2. The van der Waals surface area contributed by atoms with Crippen LogP contribution in [-0.4, -0.2) is 9.97 Å². The highest BCUT2D eigenvalue weighted by Gasteiger charge is 2.20. The van der Waals surface area contributed by atoms with Gasteiger partial charge in [0.2, 0.25) is 0 Å². The number of hydrogen-bond donors (Lipinski definition) is 1. The molecule has 0 spiro atoms. The second-order valence-electron chi connectivity index (χ2n) is 7.35. The van der Waals surface area contributed by atoms with E-state index < -0.39 is 0 Å². The molecule has 2 heterocycles. The SMILES string of the molecule is O=c1[nH]c(-c2cc(I)c(OCc3ccccc3)c(I)c2)nc2sc3c(c12)CCCC3. The molecule has 1 N–H and O–H groups in total. The molecule has 0 saturated heterocycles. The second kappa shape index (κ2) is 8.58. The normalized spacial score (nSPS) is 13.4. The summed E-state index contributed by atoms with van der Waals surface area (Å²) in [7, 11) is 0. The third kappa shape index (κ3) is 3.91. The Balaban J connectivity index is 1.50. The zero-order chi connectivity index (χ0) is 20.7. The van der Waals surface area contributed by atoms with Crippen molar-refractivity contribution in [3.05, 3.63) is 76.0 Å². The van der Waals surface area contributed by atoms with Crippen LogP contribution in [-0.2, 0) is 19.4 Å². The summed E-state index contributed by atoms with van der Waals surface area (Å²) in [6.45, 7) is 0.522. The van der Waals surface area contributed by atoms with Crippen molar-refractivity contribution in [2.75, 3.05) is 0 Å². The molecule has 7 heteroatoms. The quantitative estimate of drug-likeness (QED) is 0.266. The summed E-state index contributed by atoms with van der Waals surface area (Å²) >= 11 is 6.26. The van der Waals surface area contributed by atoms with E-state index in [0.29, 0.717) is 12.4 Å². The molecule has 0 amide bonds. The molecular weight excluding hydrogens is 622 g/mol. The molecule has 0 unspecified atom stereocenters. The van der Waals surface area contributed by atoms with Gasteiger partial charge in [-0.25, -0.2) is 4.98 Å². The van der Waals surface area contributed by atoms with E-state index in [4.69, 9.17) is 9.72 Å². The molecule has 1 aliphatic carbocycles. The Bertz CT molecular complexity index is 1280. The topological polar surface area (TPSA) is 55.0 Å². The summed E-state index contributed by atoms with van der Waals surface area (Å²) in [5.41, 5.74) is 3.23. The molecule has 0 radical (unpaired) electrons. The number of H-pyrrole nitrogens is 1. The molecule has 2 aromatic carbocycles. The summed E-state index contributed by atoms with van der Waals surface area (Å²) in [6.07, 6.45) is 4.41. The van der Waals surface area contributed by atoms with Crippen LogP contribution < -0.4 is 10.3 Å². The minimum absolute atomic E-state index is 0.0242. The average Bonchev–Trinajstić information content (AvgIpc) is 3.13. The van der Waals surface area contributed by atoms with E-state index in [1.54, 1.807) is 11.3 Å². The van der Waals surface area contributed by atoms with Gasteiger partial charge in [-0.1, -0.05) is 30.3 Å². The number of halogens is 2. The van der Waals surface area contributed by atoms with Crippen LogP contribution in [0.15, 0.2) is 47.3 Å². The fourth-order valence-electron chi connectivity index (χ4n) is 3.86. The Kier molecular flexibility index (Phi) is 5.85. The second-order valence-corrected chi connectivity index (χ2v) is 10.8. The third-order valence-corrected chi connectivity index (χ3v) is 8.11. The highest BCUT2D eigenvalue weighted by Crippen LogP contribution is 2.36. The smallest absolute Gasteiger partial charge is 0.260 e. The summed E-state index contributed by atoms with van der Waals surface area (Å²) in [5, 5.41) is 0.797. The van der Waals surface area contributed by atoms with Crippen LogP contribution >= 0.6 is 56.5 Å². The minimum atomic E-state index is -0.0242. The van der Waals surface area contributed by atoms with Gasteiger partial charge in [0.15, 0.2) is 0 Å². The van der Waals surface area contributed by atoms with Crippen molar-refractivity contribution in [1.82, 2.24) is 9.97 Å². The van der Waals surface area contributed by atoms with Crippen molar-refractivity contribution in [2.45, 2.75) is 32.3 Å². The van der Waals surface area contributed by atoms with Crippen LogP contribution in [0.25, 0.3) is 21.6 Å². The molecule has 5 rings (SSSR count). The Morgan fingerprint density at radius 1 is 1.07 bits per heavy atom. The average molecular weight is 640 g/mol. The van der Waals surface area contributed by atoms with Crippen molar-refractivity contribution in [3.63, 3.8) is 0 Å². The van der Waals surface area contributed by atoms with Crippen molar-refractivity contribution >= 4 is 66.7 Å². The number of aromatic amines is 1. The number of nitrogens with one attached hydrogen (secondary N) is 1. The van der Waals surface area contributed by atoms with Crippen molar-refractivity contribution in [1.29, 1.82) is 0 Å². The summed E-state index contributed by atoms with van der Waals surface area (Å²) in [5.74, 6) is 1.48. The lowest BCUT2D eigenvalue weighted by atomic mass is 9.97. The Morgan fingerprint density at radius 2 is 1.80 bits per heavy atom. The molecule has 0 atom stereocenters. The first-order chi connectivity index (χ1) is 14.6. The van der Waals surface area contributed by atoms with Crippen LogP contribution in [0.3, 0.4) is 0 Å². The first-order valence-electron chi connectivity index (χ1n) is 9.81. The van der Waals surface area contributed by atoms with E-state index in [1.807, 2.05) is 30.3 Å². The first-order valence-corrected chi connectivity index (χ1v) is 12.8.